The van der Waals surface area contributed by atoms with Crippen molar-refractivity contribution in [3.8, 4) is 0 Å². The van der Waals surface area contributed by atoms with Crippen LogP contribution in [0.25, 0.3) is 0 Å². The van der Waals surface area contributed by atoms with Crippen LogP contribution >= 0.6 is 0 Å². The Hall–Kier alpha value is -0.950. The van der Waals surface area contributed by atoms with E-state index in [4.69, 9.17) is 9.84 Å². The van der Waals surface area contributed by atoms with Gasteiger partial charge in [-0.1, -0.05) is 6.07 Å². The molecule has 0 saturated carbocycles. The Morgan fingerprint density at radius 2 is 2.00 bits per heavy atom. The summed E-state index contributed by atoms with van der Waals surface area (Å²) in [6, 6.07) is 5.32. The zero-order chi connectivity index (χ0) is 13.7. The number of benzene rings is 1. The van der Waals surface area contributed by atoms with Crippen LogP contribution < -0.4 is 4.72 Å². The number of nitrogens with one attached hydrogen (secondary N) is 1. The van der Waals surface area contributed by atoms with Crippen molar-refractivity contribution in [3.05, 3.63) is 29.3 Å². The normalized spacial score (nSPS) is 14.6. The highest BCUT2D eigenvalue weighted by Crippen LogP contribution is 2.24. The number of aryl methyl sites for hydroxylation is 2. The molecule has 6 heteroatoms. The van der Waals surface area contributed by atoms with Crippen molar-refractivity contribution >= 4 is 10.0 Å². The Kier molecular flexibility index (Phi) is 4.93. The lowest BCUT2D eigenvalue weighted by Gasteiger charge is -2.08. The molecule has 2 N–H and O–H groups in total. The molecule has 0 atom stereocenters. The van der Waals surface area contributed by atoms with Crippen molar-refractivity contribution in [1.82, 2.24) is 4.72 Å². The molecule has 19 heavy (non-hydrogen) atoms. The van der Waals surface area contributed by atoms with E-state index in [1.807, 2.05) is 6.07 Å². The Morgan fingerprint density at radius 3 is 2.79 bits per heavy atom. The second kappa shape index (κ2) is 6.47. The van der Waals surface area contributed by atoms with Gasteiger partial charge in [0.15, 0.2) is 0 Å². The van der Waals surface area contributed by atoms with Gasteiger partial charge in [0.25, 0.3) is 0 Å². The minimum atomic E-state index is -3.46. The molecular weight excluding hydrogens is 266 g/mol. The van der Waals surface area contributed by atoms with E-state index in [-0.39, 0.29) is 26.4 Å². The number of aliphatic hydroxyl groups is 1. The Balaban J connectivity index is 1.95. The van der Waals surface area contributed by atoms with Crippen molar-refractivity contribution in [3.63, 3.8) is 0 Å². The standard InChI is InChI=1S/C13H19NO4S/c15-7-9-18-8-6-14-19(16,17)13-5-4-11-2-1-3-12(11)10-13/h4-5,10,14-15H,1-3,6-9H2. The van der Waals surface area contributed by atoms with Crippen LogP contribution in [0.2, 0.25) is 0 Å². The molecular formula is C13H19NO4S. The third kappa shape index (κ3) is 3.76. The SMILES string of the molecule is O=S(=O)(NCCOCCO)c1ccc2c(c1)CCC2. The molecule has 5 nitrogen and oxygen atoms in total. The number of ether oxygens (including phenoxy) is 1. The van der Waals surface area contributed by atoms with E-state index in [2.05, 4.69) is 4.72 Å². The third-order valence-corrected chi connectivity index (χ3v) is 4.61. The number of aliphatic hydroxyl groups excluding tert-OH is 1. The highest BCUT2D eigenvalue weighted by Gasteiger charge is 2.17. The van der Waals surface area contributed by atoms with Gasteiger partial charge in [-0.2, -0.15) is 0 Å². The minimum Gasteiger partial charge on any atom is -0.394 e. The summed E-state index contributed by atoms with van der Waals surface area (Å²) in [5.74, 6) is 0. The molecule has 0 aliphatic heterocycles. The first kappa shape index (κ1) is 14.5. The van der Waals surface area contributed by atoms with E-state index in [9.17, 15) is 8.42 Å². The van der Waals surface area contributed by atoms with Crippen LogP contribution in [-0.2, 0) is 27.6 Å². The summed E-state index contributed by atoms with van der Waals surface area (Å²) in [5.41, 5.74) is 2.39. The fourth-order valence-corrected chi connectivity index (χ4v) is 3.28. The van der Waals surface area contributed by atoms with E-state index >= 15 is 0 Å². The molecule has 0 radical (unpaired) electrons. The maximum Gasteiger partial charge on any atom is 0.240 e. The molecule has 0 fully saturated rings. The average Bonchev–Trinajstić information content (AvgIpc) is 2.85. The van der Waals surface area contributed by atoms with Crippen LogP contribution in [0.4, 0.5) is 0 Å². The van der Waals surface area contributed by atoms with E-state index < -0.39 is 10.0 Å². The van der Waals surface area contributed by atoms with Gasteiger partial charge in [-0.15, -0.1) is 0 Å². The molecule has 0 spiro atoms. The molecule has 1 aromatic rings. The maximum absolute atomic E-state index is 12.0. The lowest BCUT2D eigenvalue weighted by molar-refractivity contribution is 0.0961. The summed E-state index contributed by atoms with van der Waals surface area (Å²) in [6.07, 6.45) is 3.09. The van der Waals surface area contributed by atoms with Crippen molar-refractivity contribution in [1.29, 1.82) is 0 Å². The van der Waals surface area contributed by atoms with Gasteiger partial charge in [0.2, 0.25) is 10.0 Å². The van der Waals surface area contributed by atoms with Crippen molar-refractivity contribution in [2.24, 2.45) is 0 Å². The van der Waals surface area contributed by atoms with Crippen LogP contribution in [0.5, 0.6) is 0 Å². The predicted octanol–water partition coefficient (Wildman–Crippen LogP) is 0.463. The van der Waals surface area contributed by atoms with Gasteiger partial charge in [-0.3, -0.25) is 0 Å². The van der Waals surface area contributed by atoms with Crippen molar-refractivity contribution < 1.29 is 18.3 Å². The summed E-state index contributed by atoms with van der Waals surface area (Å²) in [5, 5.41) is 8.53. The average molecular weight is 285 g/mol. The first-order chi connectivity index (χ1) is 9.13. The summed E-state index contributed by atoms with van der Waals surface area (Å²) < 4.78 is 31.6. The van der Waals surface area contributed by atoms with E-state index in [0.717, 1.165) is 24.8 Å². The number of hydrogen-bond acceptors (Lipinski definition) is 4. The molecule has 0 saturated heterocycles. The number of sulfonamides is 1. The largest absolute Gasteiger partial charge is 0.394 e. The van der Waals surface area contributed by atoms with E-state index in [1.54, 1.807) is 12.1 Å². The van der Waals surface area contributed by atoms with Crippen LogP contribution in [0.3, 0.4) is 0 Å². The third-order valence-electron chi connectivity index (χ3n) is 3.15. The molecule has 106 valence electrons. The van der Waals surface area contributed by atoms with Crippen LogP contribution in [0, 0.1) is 0 Å². The monoisotopic (exact) mass is 285 g/mol. The molecule has 1 aliphatic rings. The Morgan fingerprint density at radius 1 is 1.21 bits per heavy atom. The minimum absolute atomic E-state index is 0.0580. The zero-order valence-electron chi connectivity index (χ0n) is 10.8. The van der Waals surface area contributed by atoms with E-state index in [1.165, 1.54) is 5.56 Å². The quantitative estimate of drug-likeness (QED) is 0.714. The summed E-state index contributed by atoms with van der Waals surface area (Å²) in [6.45, 7) is 0.627. The van der Waals surface area contributed by atoms with Gasteiger partial charge in [-0.05, 0) is 42.5 Å². The van der Waals surface area contributed by atoms with Gasteiger partial charge < -0.3 is 9.84 Å². The van der Waals surface area contributed by atoms with Gasteiger partial charge in [0.1, 0.15) is 0 Å². The second-order valence-corrected chi connectivity index (χ2v) is 6.28. The van der Waals surface area contributed by atoms with Crippen LogP contribution in [0.1, 0.15) is 17.5 Å². The lowest BCUT2D eigenvalue weighted by atomic mass is 10.1. The van der Waals surface area contributed by atoms with Gasteiger partial charge in [0, 0.05) is 6.54 Å². The number of hydrogen-bond donors (Lipinski definition) is 2. The molecule has 0 bridgehead atoms. The molecule has 0 unspecified atom stereocenters. The summed E-state index contributed by atoms with van der Waals surface area (Å²) >= 11 is 0. The first-order valence-corrected chi connectivity index (χ1v) is 7.92. The fraction of sp³-hybridized carbons (Fsp3) is 0.538. The molecule has 0 heterocycles. The lowest BCUT2D eigenvalue weighted by Crippen LogP contribution is -2.27. The van der Waals surface area contributed by atoms with Gasteiger partial charge in [0.05, 0.1) is 24.7 Å². The highest BCUT2D eigenvalue weighted by molar-refractivity contribution is 7.89. The summed E-state index contributed by atoms with van der Waals surface area (Å²) in [7, 11) is -3.46. The van der Waals surface area contributed by atoms with Crippen molar-refractivity contribution in [2.75, 3.05) is 26.4 Å². The number of fused-ring (bicyclic) bond motifs is 1. The highest BCUT2D eigenvalue weighted by atomic mass is 32.2. The molecule has 1 aromatic carbocycles. The smallest absolute Gasteiger partial charge is 0.240 e. The maximum atomic E-state index is 12.0. The molecule has 1 aliphatic carbocycles. The number of rotatable bonds is 7. The topological polar surface area (TPSA) is 75.6 Å². The van der Waals surface area contributed by atoms with Crippen LogP contribution in [-0.4, -0.2) is 39.9 Å². The molecule has 0 amide bonds. The summed E-state index contributed by atoms with van der Waals surface area (Å²) in [4.78, 5) is 0.315. The zero-order valence-corrected chi connectivity index (χ0v) is 11.6. The first-order valence-electron chi connectivity index (χ1n) is 6.43. The fourth-order valence-electron chi connectivity index (χ4n) is 2.21. The van der Waals surface area contributed by atoms with Gasteiger partial charge >= 0.3 is 0 Å². The van der Waals surface area contributed by atoms with Crippen LogP contribution in [0.15, 0.2) is 23.1 Å². The van der Waals surface area contributed by atoms with Gasteiger partial charge in [-0.25, -0.2) is 13.1 Å². The van der Waals surface area contributed by atoms with E-state index in [0.29, 0.717) is 4.90 Å². The predicted molar refractivity (Wildman–Crippen MR) is 71.6 cm³/mol. The van der Waals surface area contributed by atoms with Crippen molar-refractivity contribution in [2.45, 2.75) is 24.2 Å². The second-order valence-electron chi connectivity index (χ2n) is 4.52. The Bertz CT molecular complexity index is 527. The molecule has 2 rings (SSSR count). The Labute approximate surface area is 113 Å². The molecule has 0 aromatic heterocycles.